The first-order valence-corrected chi connectivity index (χ1v) is 6.47. The highest BCUT2D eigenvalue weighted by Gasteiger charge is 2.16. The Hall–Kier alpha value is -1.99. The van der Waals surface area contributed by atoms with Crippen molar-refractivity contribution in [1.29, 1.82) is 0 Å². The zero-order valence-corrected chi connectivity index (χ0v) is 12.2. The molecule has 4 amide bonds. The van der Waals surface area contributed by atoms with Crippen LogP contribution < -0.4 is 21.7 Å². The number of nitrogens with two attached hydrogens (primary N) is 1. The SMILES string of the molecule is CC(C)(C)OC(=O)NCC(=O)NCCCCNC(N)=O. The summed E-state index contributed by atoms with van der Waals surface area (Å²) in [5.41, 5.74) is 4.31. The average Bonchev–Trinajstić information content (AvgIpc) is 2.28. The van der Waals surface area contributed by atoms with Crippen LogP contribution in [0.25, 0.3) is 0 Å². The van der Waals surface area contributed by atoms with E-state index in [4.69, 9.17) is 10.5 Å². The zero-order valence-electron chi connectivity index (χ0n) is 12.2. The molecule has 0 aromatic carbocycles. The largest absolute Gasteiger partial charge is 0.444 e. The van der Waals surface area contributed by atoms with Gasteiger partial charge in [-0.3, -0.25) is 4.79 Å². The zero-order chi connectivity index (χ0) is 15.6. The molecule has 0 aliphatic carbocycles. The molecule has 0 spiro atoms. The van der Waals surface area contributed by atoms with Crippen LogP contribution in [0.4, 0.5) is 9.59 Å². The molecule has 116 valence electrons. The van der Waals surface area contributed by atoms with E-state index in [1.807, 2.05) is 0 Å². The van der Waals surface area contributed by atoms with Crippen LogP contribution in [0.2, 0.25) is 0 Å². The maximum absolute atomic E-state index is 11.4. The minimum atomic E-state index is -0.627. The van der Waals surface area contributed by atoms with Crippen LogP contribution in [0.15, 0.2) is 0 Å². The average molecular weight is 288 g/mol. The Bertz CT molecular complexity index is 339. The summed E-state index contributed by atoms with van der Waals surface area (Å²) in [5.74, 6) is -0.293. The lowest BCUT2D eigenvalue weighted by Crippen LogP contribution is -2.40. The van der Waals surface area contributed by atoms with E-state index in [2.05, 4.69) is 16.0 Å². The Morgan fingerprint density at radius 1 is 1.00 bits per heavy atom. The van der Waals surface area contributed by atoms with Crippen LogP contribution in [0, 0.1) is 0 Å². The van der Waals surface area contributed by atoms with Gasteiger partial charge in [-0.1, -0.05) is 0 Å². The summed E-state index contributed by atoms with van der Waals surface area (Å²) in [5, 5.41) is 7.44. The molecule has 0 aliphatic rings. The summed E-state index contributed by atoms with van der Waals surface area (Å²) in [6, 6.07) is -0.560. The number of amides is 4. The highest BCUT2D eigenvalue weighted by molar-refractivity contribution is 5.82. The van der Waals surface area contributed by atoms with Gasteiger partial charge in [0.2, 0.25) is 5.91 Å². The van der Waals surface area contributed by atoms with Gasteiger partial charge in [-0.05, 0) is 33.6 Å². The Kier molecular flexibility index (Phi) is 8.10. The number of hydrogen-bond donors (Lipinski definition) is 4. The standard InChI is InChI=1S/C12H24N4O4/c1-12(2,3)20-11(19)16-8-9(17)14-6-4-5-7-15-10(13)18/h4-8H2,1-3H3,(H,14,17)(H,16,19)(H3,13,15,18). The van der Waals surface area contributed by atoms with Crippen molar-refractivity contribution < 1.29 is 19.1 Å². The van der Waals surface area contributed by atoms with E-state index in [-0.39, 0.29) is 12.5 Å². The molecule has 0 aliphatic heterocycles. The van der Waals surface area contributed by atoms with Gasteiger partial charge in [0.25, 0.3) is 0 Å². The third-order valence-electron chi connectivity index (χ3n) is 2.02. The second kappa shape index (κ2) is 9.00. The quantitative estimate of drug-likeness (QED) is 0.495. The Labute approximate surface area is 118 Å². The van der Waals surface area contributed by atoms with Gasteiger partial charge in [-0.15, -0.1) is 0 Å². The molecule has 0 fully saturated rings. The Morgan fingerprint density at radius 2 is 1.55 bits per heavy atom. The molecule has 0 radical (unpaired) electrons. The van der Waals surface area contributed by atoms with Crippen molar-refractivity contribution in [2.45, 2.75) is 39.2 Å². The molecular formula is C12H24N4O4. The van der Waals surface area contributed by atoms with E-state index in [0.717, 1.165) is 0 Å². The number of carbonyl (C=O) groups excluding carboxylic acids is 3. The summed E-state index contributed by atoms with van der Waals surface area (Å²) in [7, 11) is 0. The molecular weight excluding hydrogens is 264 g/mol. The summed E-state index contributed by atoms with van der Waals surface area (Å²) in [6.45, 7) is 6.04. The number of nitrogens with one attached hydrogen (secondary N) is 3. The van der Waals surface area contributed by atoms with Crippen LogP contribution >= 0.6 is 0 Å². The molecule has 0 aromatic rings. The van der Waals surface area contributed by atoms with Gasteiger partial charge < -0.3 is 26.4 Å². The first-order chi connectivity index (χ1) is 9.20. The summed E-state index contributed by atoms with van der Waals surface area (Å²) in [4.78, 5) is 33.0. The van der Waals surface area contributed by atoms with Crippen molar-refractivity contribution in [3.05, 3.63) is 0 Å². The van der Waals surface area contributed by atoms with Crippen molar-refractivity contribution in [1.82, 2.24) is 16.0 Å². The number of unbranched alkanes of at least 4 members (excludes halogenated alkanes) is 1. The molecule has 5 N–H and O–H groups in total. The summed E-state index contributed by atoms with van der Waals surface area (Å²) < 4.78 is 4.99. The molecule has 8 heteroatoms. The Morgan fingerprint density at radius 3 is 2.05 bits per heavy atom. The van der Waals surface area contributed by atoms with Gasteiger partial charge in [-0.25, -0.2) is 9.59 Å². The normalized spacial score (nSPS) is 10.6. The fourth-order valence-electron chi connectivity index (χ4n) is 1.22. The van der Waals surface area contributed by atoms with E-state index in [0.29, 0.717) is 25.9 Å². The smallest absolute Gasteiger partial charge is 0.408 e. The summed E-state index contributed by atoms with van der Waals surface area (Å²) in [6.07, 6.45) is 0.791. The molecule has 0 heterocycles. The van der Waals surface area contributed by atoms with Gasteiger partial charge in [0.15, 0.2) is 0 Å². The second-order valence-corrected chi connectivity index (χ2v) is 5.20. The van der Waals surface area contributed by atoms with Crippen LogP contribution in [0.1, 0.15) is 33.6 Å². The minimum absolute atomic E-state index is 0.131. The topological polar surface area (TPSA) is 123 Å². The van der Waals surface area contributed by atoms with E-state index in [1.54, 1.807) is 20.8 Å². The highest BCUT2D eigenvalue weighted by Crippen LogP contribution is 2.05. The molecule has 8 nitrogen and oxygen atoms in total. The van der Waals surface area contributed by atoms with E-state index < -0.39 is 17.7 Å². The molecule has 0 rings (SSSR count). The number of alkyl carbamates (subject to hydrolysis) is 1. The molecule has 0 bridgehead atoms. The predicted octanol–water partition coefficient (Wildman–Crippen LogP) is 0.0758. The van der Waals surface area contributed by atoms with E-state index >= 15 is 0 Å². The molecule has 0 saturated heterocycles. The van der Waals surface area contributed by atoms with Gasteiger partial charge in [-0.2, -0.15) is 0 Å². The molecule has 0 atom stereocenters. The van der Waals surface area contributed by atoms with Crippen molar-refractivity contribution in [2.24, 2.45) is 5.73 Å². The van der Waals surface area contributed by atoms with Gasteiger partial charge >= 0.3 is 12.1 Å². The number of carbonyl (C=O) groups is 3. The number of rotatable bonds is 7. The van der Waals surface area contributed by atoms with Crippen molar-refractivity contribution in [2.75, 3.05) is 19.6 Å². The first-order valence-electron chi connectivity index (χ1n) is 6.47. The maximum atomic E-state index is 11.4. The lowest BCUT2D eigenvalue weighted by molar-refractivity contribution is -0.120. The monoisotopic (exact) mass is 288 g/mol. The number of primary amides is 1. The fraction of sp³-hybridized carbons (Fsp3) is 0.750. The molecule has 0 aromatic heterocycles. The van der Waals surface area contributed by atoms with Crippen molar-refractivity contribution in [3.63, 3.8) is 0 Å². The third-order valence-corrected chi connectivity index (χ3v) is 2.02. The minimum Gasteiger partial charge on any atom is -0.444 e. The van der Waals surface area contributed by atoms with Crippen LogP contribution in [-0.2, 0) is 9.53 Å². The predicted molar refractivity (Wildman–Crippen MR) is 74.1 cm³/mol. The lowest BCUT2D eigenvalue weighted by atomic mass is 10.2. The molecule has 0 unspecified atom stereocenters. The van der Waals surface area contributed by atoms with Gasteiger partial charge in [0.1, 0.15) is 5.60 Å². The van der Waals surface area contributed by atoms with Gasteiger partial charge in [0.05, 0.1) is 6.54 Å². The second-order valence-electron chi connectivity index (χ2n) is 5.20. The fourth-order valence-corrected chi connectivity index (χ4v) is 1.22. The van der Waals surface area contributed by atoms with Gasteiger partial charge in [0, 0.05) is 13.1 Å². The van der Waals surface area contributed by atoms with Crippen molar-refractivity contribution >= 4 is 18.0 Å². The Balaban J connectivity index is 3.55. The lowest BCUT2D eigenvalue weighted by Gasteiger charge is -2.19. The third kappa shape index (κ3) is 12.5. The highest BCUT2D eigenvalue weighted by atomic mass is 16.6. The number of hydrogen-bond acceptors (Lipinski definition) is 4. The first kappa shape index (κ1) is 18.0. The van der Waals surface area contributed by atoms with Crippen LogP contribution in [0.3, 0.4) is 0 Å². The van der Waals surface area contributed by atoms with E-state index in [9.17, 15) is 14.4 Å². The van der Waals surface area contributed by atoms with E-state index in [1.165, 1.54) is 0 Å². The molecule has 0 saturated carbocycles. The maximum Gasteiger partial charge on any atom is 0.408 e. The summed E-state index contributed by atoms with van der Waals surface area (Å²) >= 11 is 0. The number of ether oxygens (including phenoxy) is 1. The number of urea groups is 1. The van der Waals surface area contributed by atoms with Crippen LogP contribution in [0.5, 0.6) is 0 Å². The van der Waals surface area contributed by atoms with Crippen molar-refractivity contribution in [3.8, 4) is 0 Å². The van der Waals surface area contributed by atoms with Crippen LogP contribution in [-0.4, -0.2) is 43.3 Å². The molecule has 20 heavy (non-hydrogen) atoms.